The van der Waals surface area contributed by atoms with Crippen molar-refractivity contribution in [2.45, 2.75) is 10.1 Å². The molecule has 0 fully saturated rings. The monoisotopic (exact) mass is 306 g/mol. The number of hydrogen-bond donors (Lipinski definition) is 2. The van der Waals surface area contributed by atoms with Crippen LogP contribution in [-0.2, 0) is 9.84 Å². The van der Waals surface area contributed by atoms with Crippen LogP contribution in [-0.4, -0.2) is 23.3 Å². The van der Waals surface area contributed by atoms with Crippen LogP contribution < -0.4 is 6.15 Å². The molecule has 0 aliphatic rings. The van der Waals surface area contributed by atoms with E-state index in [1.807, 2.05) is 0 Å². The summed E-state index contributed by atoms with van der Waals surface area (Å²) in [6, 6.07) is 4.62. The van der Waals surface area contributed by atoms with E-state index in [4.69, 9.17) is 0 Å². The summed E-state index contributed by atoms with van der Waals surface area (Å²) in [6.45, 7) is 0. The Labute approximate surface area is 114 Å². The molecule has 0 radical (unpaired) electrons. The first-order chi connectivity index (χ1) is 8.01. The van der Waals surface area contributed by atoms with E-state index in [-0.39, 0.29) is 34.3 Å². The lowest BCUT2D eigenvalue weighted by Gasteiger charge is -2.00. The van der Waals surface area contributed by atoms with Crippen molar-refractivity contribution in [3.63, 3.8) is 0 Å². The number of non-ortho nitro benzene ring substituents is 1. The molecular formula is C9H11ClN4O4S. The minimum atomic E-state index is -3.73. The first-order valence-corrected chi connectivity index (χ1v) is 5.99. The number of benzene rings is 1. The molecule has 2 aromatic rings. The Morgan fingerprint density at radius 1 is 1.21 bits per heavy atom. The second kappa shape index (κ2) is 6.27. The number of aromatic nitrogens is 2. The third-order valence-corrected chi connectivity index (χ3v) is 3.71. The number of nitro benzene ring substituents is 1. The van der Waals surface area contributed by atoms with Crippen molar-refractivity contribution in [3.8, 4) is 0 Å². The summed E-state index contributed by atoms with van der Waals surface area (Å²) < 4.78 is 23.8. The van der Waals surface area contributed by atoms with Crippen molar-refractivity contribution in [2.75, 3.05) is 0 Å². The average Bonchev–Trinajstić information content (AvgIpc) is 2.83. The summed E-state index contributed by atoms with van der Waals surface area (Å²) >= 11 is 0. The molecule has 2 rings (SSSR count). The summed E-state index contributed by atoms with van der Waals surface area (Å²) in [4.78, 5) is 15.9. The number of rotatable bonds is 3. The summed E-state index contributed by atoms with van der Waals surface area (Å²) in [5.74, 6) is 0. The molecule has 4 N–H and O–H groups in total. The molecule has 0 bridgehead atoms. The van der Waals surface area contributed by atoms with Gasteiger partial charge in [0, 0.05) is 24.5 Å². The van der Waals surface area contributed by atoms with E-state index in [9.17, 15) is 18.5 Å². The molecule has 19 heavy (non-hydrogen) atoms. The molecule has 1 aromatic heterocycles. The minimum absolute atomic E-state index is 0. The Kier molecular flexibility index (Phi) is 5.62. The lowest BCUT2D eigenvalue weighted by atomic mass is 10.3. The van der Waals surface area contributed by atoms with Crippen molar-refractivity contribution in [3.05, 3.63) is 46.8 Å². The standard InChI is InChI=1S/C9H7N3O4S.ClH.H3N/c13-12(14)7-1-3-8(4-2-7)17(15,16)9-10-5-6-11-9;;/h1-6H,(H,10,11);1H;1H3. The lowest BCUT2D eigenvalue weighted by molar-refractivity contribution is -0.384. The van der Waals surface area contributed by atoms with Gasteiger partial charge in [-0.3, -0.25) is 10.1 Å². The maximum atomic E-state index is 11.9. The fraction of sp³-hybridized carbons (Fsp3) is 0. The molecule has 0 aliphatic heterocycles. The third kappa shape index (κ3) is 3.28. The topological polar surface area (TPSA) is 141 Å². The van der Waals surface area contributed by atoms with Crippen LogP contribution in [0.1, 0.15) is 0 Å². The highest BCUT2D eigenvalue weighted by atomic mass is 35.5. The van der Waals surface area contributed by atoms with Crippen LogP contribution >= 0.6 is 12.4 Å². The highest BCUT2D eigenvalue weighted by molar-refractivity contribution is 7.91. The van der Waals surface area contributed by atoms with Gasteiger partial charge in [-0.1, -0.05) is 0 Å². The summed E-state index contributed by atoms with van der Waals surface area (Å²) in [6.07, 6.45) is 2.70. The van der Waals surface area contributed by atoms with Crippen molar-refractivity contribution < 1.29 is 13.3 Å². The summed E-state index contributed by atoms with van der Waals surface area (Å²) in [7, 11) is -3.73. The molecule has 0 spiro atoms. The molecule has 1 aromatic carbocycles. The molecule has 10 heteroatoms. The van der Waals surface area contributed by atoms with Gasteiger partial charge < -0.3 is 11.1 Å². The smallest absolute Gasteiger partial charge is 0.269 e. The van der Waals surface area contributed by atoms with Crippen molar-refractivity contribution in [1.29, 1.82) is 0 Å². The van der Waals surface area contributed by atoms with E-state index in [0.29, 0.717) is 0 Å². The molecule has 104 valence electrons. The van der Waals surface area contributed by atoms with Gasteiger partial charge in [0.25, 0.3) is 5.69 Å². The van der Waals surface area contributed by atoms with E-state index >= 15 is 0 Å². The van der Waals surface area contributed by atoms with Crippen LogP contribution in [0.3, 0.4) is 0 Å². The van der Waals surface area contributed by atoms with Crippen LogP contribution in [0.2, 0.25) is 0 Å². The minimum Gasteiger partial charge on any atom is -0.344 e. The fourth-order valence-electron chi connectivity index (χ4n) is 1.26. The molecule has 8 nitrogen and oxygen atoms in total. The number of nitro groups is 1. The number of sulfone groups is 1. The average molecular weight is 307 g/mol. The van der Waals surface area contributed by atoms with Crippen LogP contribution in [0.15, 0.2) is 46.7 Å². The highest BCUT2D eigenvalue weighted by Gasteiger charge is 2.20. The van der Waals surface area contributed by atoms with Crippen molar-refractivity contribution in [1.82, 2.24) is 16.1 Å². The van der Waals surface area contributed by atoms with Gasteiger partial charge in [0.1, 0.15) is 0 Å². The molecule has 1 heterocycles. The van der Waals surface area contributed by atoms with Gasteiger partial charge >= 0.3 is 0 Å². The van der Waals surface area contributed by atoms with E-state index in [0.717, 1.165) is 12.1 Å². The van der Waals surface area contributed by atoms with Crippen LogP contribution in [0.25, 0.3) is 0 Å². The molecule has 0 saturated heterocycles. The van der Waals surface area contributed by atoms with Gasteiger partial charge in [0.15, 0.2) is 0 Å². The Morgan fingerprint density at radius 3 is 2.21 bits per heavy atom. The molecular weight excluding hydrogens is 296 g/mol. The van der Waals surface area contributed by atoms with Crippen molar-refractivity contribution >= 4 is 27.9 Å². The maximum absolute atomic E-state index is 11.9. The van der Waals surface area contributed by atoms with E-state index in [1.165, 1.54) is 24.5 Å². The normalized spacial score (nSPS) is 10.1. The Bertz CT molecular complexity index is 639. The predicted molar refractivity (Wildman–Crippen MR) is 69.4 cm³/mol. The van der Waals surface area contributed by atoms with Gasteiger partial charge in [0.05, 0.1) is 9.82 Å². The Morgan fingerprint density at radius 2 is 1.79 bits per heavy atom. The van der Waals surface area contributed by atoms with E-state index in [2.05, 4.69) is 9.97 Å². The fourth-order valence-corrected chi connectivity index (χ4v) is 2.40. The van der Waals surface area contributed by atoms with Crippen LogP contribution in [0.5, 0.6) is 0 Å². The summed E-state index contributed by atoms with van der Waals surface area (Å²) in [5, 5.41) is 10.2. The Hall–Kier alpha value is -1.97. The molecule has 0 saturated carbocycles. The van der Waals surface area contributed by atoms with E-state index < -0.39 is 14.8 Å². The van der Waals surface area contributed by atoms with Gasteiger partial charge in [0.2, 0.25) is 15.0 Å². The number of aromatic amines is 1. The third-order valence-electron chi connectivity index (χ3n) is 2.09. The molecule has 0 amide bonds. The number of imidazole rings is 1. The van der Waals surface area contributed by atoms with Crippen LogP contribution in [0, 0.1) is 10.1 Å². The zero-order valence-electron chi connectivity index (χ0n) is 9.52. The second-order valence-corrected chi connectivity index (χ2v) is 5.01. The number of halogens is 1. The quantitative estimate of drug-likeness (QED) is 0.653. The van der Waals surface area contributed by atoms with Crippen LogP contribution in [0.4, 0.5) is 5.69 Å². The van der Waals surface area contributed by atoms with Gasteiger partial charge in [-0.05, 0) is 12.1 Å². The van der Waals surface area contributed by atoms with Crippen molar-refractivity contribution in [2.24, 2.45) is 0 Å². The number of nitrogens with zero attached hydrogens (tertiary/aromatic N) is 2. The molecule has 0 unspecified atom stereocenters. The number of hydrogen-bond acceptors (Lipinski definition) is 6. The number of H-pyrrole nitrogens is 1. The predicted octanol–water partition coefficient (Wildman–Crippen LogP) is 1.73. The molecule has 0 atom stereocenters. The zero-order chi connectivity index (χ0) is 12.5. The largest absolute Gasteiger partial charge is 0.344 e. The second-order valence-electron chi connectivity index (χ2n) is 3.15. The highest BCUT2D eigenvalue weighted by Crippen LogP contribution is 2.20. The first-order valence-electron chi connectivity index (χ1n) is 4.51. The van der Waals surface area contributed by atoms with E-state index in [1.54, 1.807) is 0 Å². The SMILES string of the molecule is Cl.N.O=[N+]([O-])c1ccc(S(=O)(=O)c2ncc[nH]2)cc1. The summed E-state index contributed by atoms with van der Waals surface area (Å²) in [5.41, 5.74) is -0.164. The zero-order valence-corrected chi connectivity index (χ0v) is 11.1. The van der Waals surface area contributed by atoms with Gasteiger partial charge in [-0.2, -0.15) is 0 Å². The van der Waals surface area contributed by atoms with Gasteiger partial charge in [-0.15, -0.1) is 12.4 Å². The Balaban J connectivity index is 0.00000162. The molecule has 0 aliphatic carbocycles. The van der Waals surface area contributed by atoms with Gasteiger partial charge in [-0.25, -0.2) is 13.4 Å². The maximum Gasteiger partial charge on any atom is 0.269 e. The first kappa shape index (κ1) is 17.0. The lowest BCUT2D eigenvalue weighted by Crippen LogP contribution is -2.04. The number of nitrogens with one attached hydrogen (secondary N) is 1.